The molecule has 0 aromatic carbocycles. The second kappa shape index (κ2) is 6.99. The lowest BCUT2D eigenvalue weighted by atomic mass is 9.73. The van der Waals surface area contributed by atoms with Gasteiger partial charge in [0, 0.05) is 30.2 Å². The highest BCUT2D eigenvalue weighted by atomic mass is 16.4. The van der Waals surface area contributed by atoms with Crippen molar-refractivity contribution in [2.24, 2.45) is 11.8 Å². The molecule has 0 aliphatic heterocycles. The molecule has 0 saturated carbocycles. The molecule has 0 aromatic heterocycles. The Morgan fingerprint density at radius 3 is 1.90 bits per heavy atom. The predicted octanol–water partition coefficient (Wildman–Crippen LogP) is -4.02. The van der Waals surface area contributed by atoms with Crippen LogP contribution in [0.4, 0.5) is 0 Å². The van der Waals surface area contributed by atoms with Crippen LogP contribution in [0.25, 0.3) is 0 Å². The number of carboxylic acids is 3. The van der Waals surface area contributed by atoms with Crippen LogP contribution in [0.1, 0.15) is 33.1 Å². The molecule has 1 N–H and O–H groups in total. The van der Waals surface area contributed by atoms with E-state index in [1.807, 2.05) is 0 Å². The highest BCUT2D eigenvalue weighted by molar-refractivity contribution is 5.92. The van der Waals surface area contributed by atoms with Gasteiger partial charge in [0.15, 0.2) is 0 Å². The number of hydrogen-bond acceptors (Lipinski definition) is 8. The summed E-state index contributed by atoms with van der Waals surface area (Å²) in [6.45, 7) is 2.63. The number of hydrogen-bond donors (Lipinski definition) is 1. The monoisotopic (exact) mass is 287 g/mol. The molecule has 114 valence electrons. The molecule has 0 aromatic rings. The fraction of sp³-hybridized carbons (Fsp3) is 0.667. The van der Waals surface area contributed by atoms with E-state index in [0.717, 1.165) is 6.92 Å². The summed E-state index contributed by atoms with van der Waals surface area (Å²) in [6, 6.07) is 0. The van der Waals surface area contributed by atoms with E-state index < -0.39 is 47.5 Å². The van der Waals surface area contributed by atoms with Gasteiger partial charge in [-0.25, -0.2) is 0 Å². The summed E-state index contributed by atoms with van der Waals surface area (Å²) < 4.78 is 0. The first kappa shape index (κ1) is 18.0. The molecule has 0 bridgehead atoms. The molecule has 20 heavy (non-hydrogen) atoms. The Morgan fingerprint density at radius 2 is 1.65 bits per heavy atom. The number of rotatable bonds is 9. The van der Waals surface area contributed by atoms with Crippen LogP contribution >= 0.6 is 0 Å². The Kier molecular flexibility index (Phi) is 6.31. The summed E-state index contributed by atoms with van der Waals surface area (Å²) in [5, 5.41) is 42.5. The Morgan fingerprint density at radius 1 is 1.15 bits per heavy atom. The van der Waals surface area contributed by atoms with Crippen LogP contribution in [0, 0.1) is 11.8 Å². The van der Waals surface area contributed by atoms with Crippen LogP contribution in [0.15, 0.2) is 0 Å². The third-order valence-corrected chi connectivity index (χ3v) is 3.06. The molecule has 8 nitrogen and oxygen atoms in total. The van der Waals surface area contributed by atoms with Crippen molar-refractivity contribution in [2.75, 3.05) is 0 Å². The van der Waals surface area contributed by atoms with Gasteiger partial charge in [0.1, 0.15) is 11.4 Å². The maximum absolute atomic E-state index is 11.5. The van der Waals surface area contributed by atoms with Crippen molar-refractivity contribution in [1.82, 2.24) is 0 Å². The van der Waals surface area contributed by atoms with Gasteiger partial charge in [0.05, 0.1) is 5.97 Å². The lowest BCUT2D eigenvalue weighted by Crippen LogP contribution is -2.62. The first-order valence-corrected chi connectivity index (χ1v) is 5.92. The number of carbonyl (C=O) groups excluding carboxylic acids is 4. The largest absolute Gasteiger partial charge is 0.550 e. The summed E-state index contributed by atoms with van der Waals surface area (Å²) in [5.41, 5.74) is -3.27. The lowest BCUT2D eigenvalue weighted by Gasteiger charge is -2.41. The van der Waals surface area contributed by atoms with Crippen LogP contribution < -0.4 is 15.3 Å². The highest BCUT2D eigenvalue weighted by Gasteiger charge is 2.45. The summed E-state index contributed by atoms with van der Waals surface area (Å²) in [6.07, 6.45) is -1.24. The van der Waals surface area contributed by atoms with E-state index in [2.05, 4.69) is 0 Å². The van der Waals surface area contributed by atoms with Gasteiger partial charge in [-0.1, -0.05) is 13.3 Å². The maximum Gasteiger partial charge on any atom is 0.133 e. The first-order chi connectivity index (χ1) is 9.07. The molecule has 3 unspecified atom stereocenters. The lowest BCUT2D eigenvalue weighted by molar-refractivity contribution is -0.348. The summed E-state index contributed by atoms with van der Waals surface area (Å²) >= 11 is 0. The minimum atomic E-state index is -3.27. The van der Waals surface area contributed by atoms with E-state index in [0.29, 0.717) is 6.42 Å². The van der Waals surface area contributed by atoms with Crippen molar-refractivity contribution in [2.45, 2.75) is 38.7 Å². The van der Waals surface area contributed by atoms with Crippen molar-refractivity contribution in [3.63, 3.8) is 0 Å². The van der Waals surface area contributed by atoms with Gasteiger partial charge >= 0.3 is 0 Å². The highest BCUT2D eigenvalue weighted by Crippen LogP contribution is 2.31. The smallest absolute Gasteiger partial charge is 0.133 e. The Balaban J connectivity index is 5.82. The van der Waals surface area contributed by atoms with Crippen LogP contribution in [0.5, 0.6) is 0 Å². The number of carbonyl (C=O) groups is 4. The number of carboxylic acid groups (broad SMARTS) is 3. The first-order valence-electron chi connectivity index (χ1n) is 5.92. The fourth-order valence-electron chi connectivity index (χ4n) is 2.14. The summed E-state index contributed by atoms with van der Waals surface area (Å²) in [7, 11) is 0. The number of Topliss-reactive ketones (excluding diaryl/α,β-unsaturated/α-hetero) is 1. The molecule has 0 saturated heterocycles. The van der Waals surface area contributed by atoms with Crippen molar-refractivity contribution in [1.29, 1.82) is 0 Å². The second-order valence-electron chi connectivity index (χ2n) is 4.56. The predicted molar refractivity (Wildman–Crippen MR) is 57.2 cm³/mol. The number of ketones is 1. The minimum absolute atomic E-state index is 0.0450. The molecule has 0 rings (SSSR count). The SMILES string of the molecule is CCCC(C(C)=O)C(C(=O)[O-])C(O)(CC(=O)[O-])C(=O)[O-]. The Hall–Kier alpha value is -1.96. The third-order valence-electron chi connectivity index (χ3n) is 3.06. The average Bonchev–Trinajstić information content (AvgIpc) is 2.26. The van der Waals surface area contributed by atoms with Crippen molar-refractivity contribution in [3.8, 4) is 0 Å². The van der Waals surface area contributed by atoms with Gasteiger partial charge < -0.3 is 34.8 Å². The maximum atomic E-state index is 11.5. The summed E-state index contributed by atoms with van der Waals surface area (Å²) in [4.78, 5) is 44.1. The van der Waals surface area contributed by atoms with E-state index >= 15 is 0 Å². The molecule has 8 heteroatoms. The van der Waals surface area contributed by atoms with E-state index in [1.165, 1.54) is 0 Å². The number of aliphatic hydroxyl groups is 1. The molecule has 3 atom stereocenters. The van der Waals surface area contributed by atoms with Crippen molar-refractivity contribution < 1.29 is 39.6 Å². The van der Waals surface area contributed by atoms with E-state index in [1.54, 1.807) is 6.92 Å². The molecular formula is C12H15O8-3. The summed E-state index contributed by atoms with van der Waals surface area (Å²) in [5.74, 6) is -10.7. The van der Waals surface area contributed by atoms with Crippen molar-refractivity contribution >= 4 is 23.7 Å². The van der Waals surface area contributed by atoms with Crippen LogP contribution in [0.2, 0.25) is 0 Å². The van der Waals surface area contributed by atoms with Gasteiger partial charge in [0.2, 0.25) is 0 Å². The van der Waals surface area contributed by atoms with Crippen LogP contribution in [-0.4, -0.2) is 34.4 Å². The number of aliphatic carboxylic acids is 3. The standard InChI is InChI=1S/C12H18O8/c1-3-4-7(6(2)13)9(10(16)17)12(20,11(18)19)5-8(14)15/h7,9,20H,3-5H2,1-2H3,(H,14,15)(H,16,17)(H,18,19)/p-3. The zero-order chi connectivity index (χ0) is 16.1. The average molecular weight is 287 g/mol. The molecule has 0 spiro atoms. The quantitative estimate of drug-likeness (QED) is 0.449. The van der Waals surface area contributed by atoms with Gasteiger partial charge in [-0.05, 0) is 13.3 Å². The third kappa shape index (κ3) is 4.02. The van der Waals surface area contributed by atoms with Crippen LogP contribution in [0.3, 0.4) is 0 Å². The molecule has 0 aliphatic carbocycles. The molecular weight excluding hydrogens is 272 g/mol. The Bertz CT molecular complexity index is 416. The topological polar surface area (TPSA) is 158 Å². The van der Waals surface area contributed by atoms with Gasteiger partial charge in [-0.3, -0.25) is 4.79 Å². The zero-order valence-electron chi connectivity index (χ0n) is 11.1. The Labute approximate surface area is 115 Å². The molecule has 0 heterocycles. The van der Waals surface area contributed by atoms with Crippen molar-refractivity contribution in [3.05, 3.63) is 0 Å². The molecule has 0 amide bonds. The van der Waals surface area contributed by atoms with Gasteiger partial charge in [-0.2, -0.15) is 0 Å². The minimum Gasteiger partial charge on any atom is -0.550 e. The molecule has 0 fully saturated rings. The molecule has 0 radical (unpaired) electrons. The van der Waals surface area contributed by atoms with Crippen LogP contribution in [-0.2, 0) is 19.2 Å². The normalized spacial score (nSPS) is 16.8. The van der Waals surface area contributed by atoms with E-state index in [4.69, 9.17) is 0 Å². The fourth-order valence-corrected chi connectivity index (χ4v) is 2.14. The van der Waals surface area contributed by atoms with E-state index in [-0.39, 0.29) is 6.42 Å². The zero-order valence-corrected chi connectivity index (χ0v) is 11.1. The van der Waals surface area contributed by atoms with E-state index in [9.17, 15) is 39.6 Å². The van der Waals surface area contributed by atoms with Gasteiger partial charge in [-0.15, -0.1) is 0 Å². The molecule has 0 aliphatic rings. The second-order valence-corrected chi connectivity index (χ2v) is 4.56. The van der Waals surface area contributed by atoms with Gasteiger partial charge in [0.25, 0.3) is 0 Å².